The Morgan fingerprint density at radius 1 is 0.778 bits per heavy atom. The number of hydrogen-bond acceptors (Lipinski definition) is 7. The minimum absolute atomic E-state index is 0.119. The van der Waals surface area contributed by atoms with Crippen molar-refractivity contribution in [1.82, 2.24) is 30.0 Å². The molecule has 0 aliphatic rings. The number of aromatic nitrogens is 6. The number of ether oxygens (including phenoxy) is 1. The van der Waals surface area contributed by atoms with E-state index in [4.69, 9.17) is 5.11 Å². The first-order valence-electron chi connectivity index (χ1n) is 9.56. The van der Waals surface area contributed by atoms with Crippen LogP contribution in [0, 0.1) is 34.9 Å². The molecule has 16 heteroatoms. The van der Waals surface area contributed by atoms with Crippen molar-refractivity contribution in [2.75, 3.05) is 6.61 Å². The molecule has 0 radical (unpaired) electrons. The van der Waals surface area contributed by atoms with Crippen molar-refractivity contribution in [1.29, 1.82) is 0 Å². The summed E-state index contributed by atoms with van der Waals surface area (Å²) in [5.74, 6) is -10.8. The summed E-state index contributed by atoms with van der Waals surface area (Å²) in [6.45, 7) is 1.78. The third-order valence-corrected chi connectivity index (χ3v) is 4.09. The van der Waals surface area contributed by atoms with Crippen molar-refractivity contribution in [3.8, 4) is 11.4 Å². The van der Waals surface area contributed by atoms with Crippen molar-refractivity contribution in [2.45, 2.75) is 6.92 Å². The molecule has 0 bridgehead atoms. The minimum Gasteiger partial charge on any atom is -0.476 e. The lowest BCUT2D eigenvalue weighted by molar-refractivity contribution is 0.0518. The highest BCUT2D eigenvalue weighted by Gasteiger charge is 2.16. The van der Waals surface area contributed by atoms with E-state index in [-0.39, 0.29) is 23.7 Å². The second kappa shape index (κ2) is 10.7. The lowest BCUT2D eigenvalue weighted by Crippen LogP contribution is -2.07. The predicted octanol–water partition coefficient (Wildman–Crippen LogP) is 3.24. The maximum absolute atomic E-state index is 13.0. The number of aromatic carboxylic acids is 1. The molecule has 0 unspecified atom stereocenters. The van der Waals surface area contributed by atoms with E-state index in [1.54, 1.807) is 6.92 Å². The molecule has 0 amide bonds. The molecular formula is C20H12F6N6O4. The van der Waals surface area contributed by atoms with E-state index >= 15 is 0 Å². The molecule has 0 atom stereocenters. The van der Waals surface area contributed by atoms with Gasteiger partial charge in [0.2, 0.25) is 0 Å². The summed E-state index contributed by atoms with van der Waals surface area (Å²) in [7, 11) is 0. The quantitative estimate of drug-likeness (QED) is 0.245. The molecule has 0 fully saturated rings. The number of carbonyl (C=O) groups is 2. The first-order chi connectivity index (χ1) is 17.0. The van der Waals surface area contributed by atoms with Crippen LogP contribution >= 0.6 is 0 Å². The number of benzene rings is 2. The van der Waals surface area contributed by atoms with Gasteiger partial charge in [-0.05, 0) is 6.92 Å². The van der Waals surface area contributed by atoms with Gasteiger partial charge in [-0.3, -0.25) is 0 Å². The molecule has 36 heavy (non-hydrogen) atoms. The monoisotopic (exact) mass is 514 g/mol. The van der Waals surface area contributed by atoms with Crippen LogP contribution < -0.4 is 0 Å². The van der Waals surface area contributed by atoms with E-state index in [1.165, 1.54) is 0 Å². The summed E-state index contributed by atoms with van der Waals surface area (Å²) in [5, 5.41) is 22.8. The van der Waals surface area contributed by atoms with Gasteiger partial charge < -0.3 is 9.84 Å². The van der Waals surface area contributed by atoms with Gasteiger partial charge in [0.25, 0.3) is 0 Å². The Morgan fingerprint density at radius 2 is 1.17 bits per heavy atom. The molecule has 0 aliphatic carbocycles. The zero-order valence-electron chi connectivity index (χ0n) is 17.8. The summed E-state index contributed by atoms with van der Waals surface area (Å²) in [4.78, 5) is 23.3. The van der Waals surface area contributed by atoms with Crippen LogP contribution in [0.15, 0.2) is 36.7 Å². The fraction of sp³-hybridized carbons (Fsp3) is 0.100. The van der Waals surface area contributed by atoms with Crippen LogP contribution in [0.2, 0.25) is 0 Å². The smallest absolute Gasteiger partial charge is 0.360 e. The number of nitrogens with zero attached hydrogens (tertiary/aromatic N) is 6. The summed E-state index contributed by atoms with van der Waals surface area (Å²) in [6, 6.07) is 2.74. The molecule has 4 rings (SSSR count). The third kappa shape index (κ3) is 5.65. The lowest BCUT2D eigenvalue weighted by Gasteiger charge is -2.01. The molecule has 1 N–H and O–H groups in total. The fourth-order valence-corrected chi connectivity index (χ4v) is 2.49. The second-order valence-corrected chi connectivity index (χ2v) is 6.51. The number of carboxylic acids is 1. The summed E-state index contributed by atoms with van der Waals surface area (Å²) >= 11 is 0. The average molecular weight is 514 g/mol. The number of rotatable bonds is 5. The Kier molecular flexibility index (Phi) is 7.66. The standard InChI is InChI=1S/C11H8F3N3O2.C9H4F3N3O2/c1-2-19-11(18)9-5-15-17(16-9)6-3-7(12)10(14)8(13)4-6;10-5-1-4(2-6(11)8(5)12)15-13-3-7(14-15)9(16)17/h3-5H,2H2,1H3;1-3H,(H,16,17). The Bertz CT molecular complexity index is 1390. The molecule has 0 aliphatic heterocycles. The summed E-state index contributed by atoms with van der Waals surface area (Å²) < 4.78 is 82.0. The van der Waals surface area contributed by atoms with Crippen LogP contribution in [0.1, 0.15) is 27.9 Å². The first-order valence-corrected chi connectivity index (χ1v) is 9.56. The maximum Gasteiger partial charge on any atom is 0.360 e. The highest BCUT2D eigenvalue weighted by atomic mass is 19.2. The number of carbonyl (C=O) groups excluding carboxylic acids is 1. The van der Waals surface area contributed by atoms with Crippen LogP contribution in [-0.4, -0.2) is 53.6 Å². The van der Waals surface area contributed by atoms with E-state index in [9.17, 15) is 35.9 Å². The van der Waals surface area contributed by atoms with Crippen molar-refractivity contribution >= 4 is 11.9 Å². The third-order valence-electron chi connectivity index (χ3n) is 4.09. The van der Waals surface area contributed by atoms with Gasteiger partial charge in [0.1, 0.15) is 0 Å². The Hall–Kier alpha value is -4.76. The van der Waals surface area contributed by atoms with E-state index in [2.05, 4.69) is 25.1 Å². The van der Waals surface area contributed by atoms with Crippen molar-refractivity contribution in [2.24, 2.45) is 0 Å². The van der Waals surface area contributed by atoms with Crippen LogP contribution in [-0.2, 0) is 4.74 Å². The number of carboxylic acid groups (broad SMARTS) is 1. The SMILES string of the molecule is CCOC(=O)c1cnn(-c2cc(F)c(F)c(F)c2)n1.O=C(O)c1cnn(-c2cc(F)c(F)c(F)c2)n1. The van der Waals surface area contributed by atoms with Gasteiger partial charge in [-0.2, -0.15) is 19.8 Å². The first kappa shape index (κ1) is 25.9. The van der Waals surface area contributed by atoms with Crippen molar-refractivity contribution in [3.63, 3.8) is 0 Å². The number of esters is 1. The molecule has 4 aromatic rings. The molecule has 2 heterocycles. The van der Waals surface area contributed by atoms with Gasteiger partial charge in [-0.15, -0.1) is 10.2 Å². The number of halogens is 6. The van der Waals surface area contributed by atoms with Crippen molar-refractivity contribution in [3.05, 3.63) is 83.0 Å². The minimum atomic E-state index is -1.61. The van der Waals surface area contributed by atoms with Crippen LogP contribution in [0.5, 0.6) is 0 Å². The Morgan fingerprint density at radius 3 is 1.53 bits per heavy atom. The molecule has 2 aromatic heterocycles. The van der Waals surface area contributed by atoms with Crippen molar-refractivity contribution < 1.29 is 45.8 Å². The van der Waals surface area contributed by atoms with Gasteiger partial charge in [0, 0.05) is 24.3 Å². The predicted molar refractivity (Wildman–Crippen MR) is 105 cm³/mol. The van der Waals surface area contributed by atoms with Gasteiger partial charge in [-0.1, -0.05) is 0 Å². The fourth-order valence-electron chi connectivity index (χ4n) is 2.49. The van der Waals surface area contributed by atoms with E-state index in [1.807, 2.05) is 0 Å². The Labute approximate surface area is 196 Å². The normalized spacial score (nSPS) is 10.5. The van der Waals surface area contributed by atoms with Gasteiger partial charge in [0.05, 0.1) is 30.4 Å². The van der Waals surface area contributed by atoms with Gasteiger partial charge in [0.15, 0.2) is 46.3 Å². The van der Waals surface area contributed by atoms with Crippen LogP contribution in [0.3, 0.4) is 0 Å². The second-order valence-electron chi connectivity index (χ2n) is 6.51. The zero-order chi connectivity index (χ0) is 26.6. The van der Waals surface area contributed by atoms with E-state index < -0.39 is 52.5 Å². The zero-order valence-corrected chi connectivity index (χ0v) is 17.8. The van der Waals surface area contributed by atoms with Crippen LogP contribution in [0.4, 0.5) is 26.3 Å². The van der Waals surface area contributed by atoms with E-state index in [0.29, 0.717) is 29.1 Å². The van der Waals surface area contributed by atoms with Gasteiger partial charge >= 0.3 is 11.9 Å². The molecule has 0 spiro atoms. The molecule has 2 aromatic carbocycles. The van der Waals surface area contributed by atoms with Crippen LogP contribution in [0.25, 0.3) is 11.4 Å². The molecule has 10 nitrogen and oxygen atoms in total. The summed E-state index contributed by atoms with van der Waals surface area (Å²) in [6.07, 6.45) is 1.98. The molecular weight excluding hydrogens is 502 g/mol. The van der Waals surface area contributed by atoms with Gasteiger partial charge in [-0.25, -0.2) is 35.9 Å². The highest BCUT2D eigenvalue weighted by molar-refractivity contribution is 5.86. The maximum atomic E-state index is 13.0. The lowest BCUT2D eigenvalue weighted by atomic mass is 10.3. The topological polar surface area (TPSA) is 125 Å². The number of hydrogen-bond donors (Lipinski definition) is 1. The summed E-state index contributed by atoms with van der Waals surface area (Å²) in [5.41, 5.74) is -0.872. The molecule has 0 saturated carbocycles. The Balaban J connectivity index is 0.000000202. The highest BCUT2D eigenvalue weighted by Crippen LogP contribution is 2.17. The average Bonchev–Trinajstić information content (AvgIpc) is 3.51. The van der Waals surface area contributed by atoms with E-state index in [0.717, 1.165) is 17.2 Å². The largest absolute Gasteiger partial charge is 0.476 e. The molecule has 188 valence electrons. The molecule has 0 saturated heterocycles.